The zero-order chi connectivity index (χ0) is 17.8. The highest BCUT2D eigenvalue weighted by molar-refractivity contribution is 6.00. The van der Waals surface area contributed by atoms with Crippen molar-refractivity contribution >= 4 is 16.8 Å². The second kappa shape index (κ2) is 7.23. The molecule has 130 valence electrons. The maximum absolute atomic E-state index is 12.4. The zero-order valence-corrected chi connectivity index (χ0v) is 14.1. The summed E-state index contributed by atoms with van der Waals surface area (Å²) in [5.41, 5.74) is 2.27. The molecule has 0 aliphatic rings. The lowest BCUT2D eigenvalue weighted by Crippen LogP contribution is -2.25. The van der Waals surface area contributed by atoms with Crippen LogP contribution < -0.4 is 5.32 Å². The minimum atomic E-state index is -0.0993. The van der Waals surface area contributed by atoms with Crippen LogP contribution >= 0.6 is 0 Å². The van der Waals surface area contributed by atoms with Gasteiger partial charge in [0.15, 0.2) is 5.76 Å². The van der Waals surface area contributed by atoms with Crippen molar-refractivity contribution in [3.05, 3.63) is 72.8 Å². The average molecular weight is 346 g/mol. The molecule has 0 bridgehead atoms. The van der Waals surface area contributed by atoms with Gasteiger partial charge >= 0.3 is 0 Å². The van der Waals surface area contributed by atoms with Crippen molar-refractivity contribution < 1.29 is 9.32 Å². The highest BCUT2D eigenvalue weighted by atomic mass is 16.5. The second-order valence-corrected chi connectivity index (χ2v) is 6.02. The third-order valence-electron chi connectivity index (χ3n) is 4.21. The lowest BCUT2D eigenvalue weighted by atomic mass is 10.1. The van der Waals surface area contributed by atoms with Gasteiger partial charge < -0.3 is 14.4 Å². The number of imidazole rings is 1. The van der Waals surface area contributed by atoms with Gasteiger partial charge in [-0.25, -0.2) is 4.98 Å². The fourth-order valence-electron chi connectivity index (χ4n) is 2.87. The van der Waals surface area contributed by atoms with Crippen LogP contribution in [-0.4, -0.2) is 27.2 Å². The van der Waals surface area contributed by atoms with Gasteiger partial charge in [-0.15, -0.1) is 0 Å². The summed E-state index contributed by atoms with van der Waals surface area (Å²) in [5.74, 6) is 0.577. The van der Waals surface area contributed by atoms with Crippen LogP contribution in [0.5, 0.6) is 0 Å². The van der Waals surface area contributed by atoms with Crippen LogP contribution in [0.15, 0.2) is 71.8 Å². The van der Waals surface area contributed by atoms with Gasteiger partial charge in [-0.3, -0.25) is 4.79 Å². The molecule has 0 atom stereocenters. The minimum Gasteiger partial charge on any atom is -0.355 e. The molecule has 4 rings (SSSR count). The Bertz CT molecular complexity index is 1010. The summed E-state index contributed by atoms with van der Waals surface area (Å²) in [4.78, 5) is 16.4. The first-order valence-corrected chi connectivity index (χ1v) is 8.50. The van der Waals surface area contributed by atoms with E-state index in [1.54, 1.807) is 18.6 Å². The van der Waals surface area contributed by atoms with Gasteiger partial charge in [-0.1, -0.05) is 35.5 Å². The Hall–Kier alpha value is -3.41. The standard InChI is InChI=1S/C20H18N4O2/c25-20(22-9-4-11-24-12-10-21-14-24)16-7-8-18-17(13-16)19(26-23-18)15-5-2-1-3-6-15/h1-3,5-8,10,12-14H,4,9,11H2,(H,22,25). The molecular formula is C20H18N4O2. The first-order chi connectivity index (χ1) is 12.8. The fourth-order valence-corrected chi connectivity index (χ4v) is 2.87. The van der Waals surface area contributed by atoms with Gasteiger partial charge in [0.2, 0.25) is 0 Å². The Morgan fingerprint density at radius 1 is 1.15 bits per heavy atom. The lowest BCUT2D eigenvalue weighted by Gasteiger charge is -2.06. The number of benzene rings is 2. The van der Waals surface area contributed by atoms with Gasteiger partial charge in [0.25, 0.3) is 5.91 Å². The van der Waals surface area contributed by atoms with Crippen molar-refractivity contribution in [3.8, 4) is 11.3 Å². The number of hydrogen-bond acceptors (Lipinski definition) is 4. The van der Waals surface area contributed by atoms with E-state index >= 15 is 0 Å². The molecule has 6 nitrogen and oxygen atoms in total. The number of aryl methyl sites for hydroxylation is 1. The lowest BCUT2D eigenvalue weighted by molar-refractivity contribution is 0.0953. The van der Waals surface area contributed by atoms with Crippen LogP contribution in [0.2, 0.25) is 0 Å². The van der Waals surface area contributed by atoms with Crippen molar-refractivity contribution in [2.45, 2.75) is 13.0 Å². The van der Waals surface area contributed by atoms with Crippen molar-refractivity contribution in [1.29, 1.82) is 0 Å². The highest BCUT2D eigenvalue weighted by Gasteiger charge is 2.13. The summed E-state index contributed by atoms with van der Waals surface area (Å²) in [7, 11) is 0. The Balaban J connectivity index is 1.47. The first kappa shape index (κ1) is 16.1. The number of carbonyl (C=O) groups excluding carboxylic acids is 1. The van der Waals surface area contributed by atoms with Gasteiger partial charge in [0, 0.05) is 36.6 Å². The summed E-state index contributed by atoms with van der Waals surface area (Å²) in [6.45, 7) is 1.42. The van der Waals surface area contributed by atoms with Crippen LogP contribution in [0.3, 0.4) is 0 Å². The predicted molar refractivity (Wildman–Crippen MR) is 98.6 cm³/mol. The van der Waals surface area contributed by atoms with Crippen molar-refractivity contribution in [3.63, 3.8) is 0 Å². The predicted octanol–water partition coefficient (Wildman–Crippen LogP) is 3.51. The van der Waals surface area contributed by atoms with E-state index in [1.807, 2.05) is 53.2 Å². The minimum absolute atomic E-state index is 0.0993. The van der Waals surface area contributed by atoms with E-state index in [0.29, 0.717) is 17.9 Å². The molecule has 0 spiro atoms. The SMILES string of the molecule is O=C(NCCCn1ccnc1)c1ccc2noc(-c3ccccc3)c2c1. The number of hydrogen-bond donors (Lipinski definition) is 1. The molecule has 6 heteroatoms. The van der Waals surface area contributed by atoms with E-state index in [-0.39, 0.29) is 5.91 Å². The molecule has 2 heterocycles. The quantitative estimate of drug-likeness (QED) is 0.542. The fraction of sp³-hybridized carbons (Fsp3) is 0.150. The third-order valence-corrected chi connectivity index (χ3v) is 4.21. The van der Waals surface area contributed by atoms with Crippen LogP contribution in [0.1, 0.15) is 16.8 Å². The molecule has 1 N–H and O–H groups in total. The number of rotatable bonds is 6. The summed E-state index contributed by atoms with van der Waals surface area (Å²) in [5, 5.41) is 7.87. The Morgan fingerprint density at radius 3 is 2.85 bits per heavy atom. The number of amides is 1. The second-order valence-electron chi connectivity index (χ2n) is 6.02. The topological polar surface area (TPSA) is 73.0 Å². The molecule has 2 aromatic heterocycles. The number of fused-ring (bicyclic) bond motifs is 1. The van der Waals surface area contributed by atoms with Crippen LogP contribution in [0, 0.1) is 0 Å². The number of nitrogens with zero attached hydrogens (tertiary/aromatic N) is 3. The molecule has 0 saturated heterocycles. The molecule has 0 aliphatic carbocycles. The third kappa shape index (κ3) is 3.35. The molecular weight excluding hydrogens is 328 g/mol. The van der Waals surface area contributed by atoms with E-state index in [2.05, 4.69) is 15.5 Å². The van der Waals surface area contributed by atoms with Gasteiger partial charge in [0.05, 0.1) is 11.7 Å². The van der Waals surface area contributed by atoms with Crippen LogP contribution in [0.25, 0.3) is 22.2 Å². The maximum atomic E-state index is 12.4. The zero-order valence-electron chi connectivity index (χ0n) is 14.1. The van der Waals surface area contributed by atoms with Crippen molar-refractivity contribution in [1.82, 2.24) is 20.0 Å². The van der Waals surface area contributed by atoms with E-state index < -0.39 is 0 Å². The van der Waals surface area contributed by atoms with Gasteiger partial charge in [0.1, 0.15) is 5.52 Å². The molecule has 0 unspecified atom stereocenters. The Kier molecular flexibility index (Phi) is 4.47. The van der Waals surface area contributed by atoms with Gasteiger partial charge in [-0.05, 0) is 24.6 Å². The van der Waals surface area contributed by atoms with Crippen LogP contribution in [0.4, 0.5) is 0 Å². The van der Waals surface area contributed by atoms with Crippen LogP contribution in [-0.2, 0) is 6.54 Å². The molecule has 4 aromatic rings. The molecule has 26 heavy (non-hydrogen) atoms. The molecule has 0 radical (unpaired) electrons. The summed E-state index contributed by atoms with van der Waals surface area (Å²) in [6, 6.07) is 15.2. The smallest absolute Gasteiger partial charge is 0.251 e. The normalized spacial score (nSPS) is 10.9. The Labute approximate surface area is 150 Å². The van der Waals surface area contributed by atoms with E-state index in [4.69, 9.17) is 4.52 Å². The number of nitrogens with one attached hydrogen (secondary N) is 1. The molecule has 2 aromatic carbocycles. The Morgan fingerprint density at radius 2 is 2.04 bits per heavy atom. The molecule has 1 amide bonds. The van der Waals surface area contributed by atoms with E-state index in [0.717, 1.165) is 29.4 Å². The highest BCUT2D eigenvalue weighted by Crippen LogP contribution is 2.29. The largest absolute Gasteiger partial charge is 0.355 e. The summed E-state index contributed by atoms with van der Waals surface area (Å²) >= 11 is 0. The summed E-state index contributed by atoms with van der Waals surface area (Å²) < 4.78 is 7.47. The number of aromatic nitrogens is 3. The maximum Gasteiger partial charge on any atom is 0.251 e. The van der Waals surface area contributed by atoms with Crippen molar-refractivity contribution in [2.24, 2.45) is 0 Å². The summed E-state index contributed by atoms with van der Waals surface area (Å²) in [6.07, 6.45) is 6.27. The first-order valence-electron chi connectivity index (χ1n) is 8.50. The van der Waals surface area contributed by atoms with E-state index in [9.17, 15) is 4.79 Å². The van der Waals surface area contributed by atoms with E-state index in [1.165, 1.54) is 0 Å². The monoisotopic (exact) mass is 346 g/mol. The van der Waals surface area contributed by atoms with Crippen molar-refractivity contribution in [2.75, 3.05) is 6.54 Å². The van der Waals surface area contributed by atoms with Gasteiger partial charge in [-0.2, -0.15) is 0 Å². The molecule has 0 fully saturated rings. The molecule has 0 aliphatic heterocycles. The molecule has 0 saturated carbocycles. The number of carbonyl (C=O) groups is 1. The average Bonchev–Trinajstić information content (AvgIpc) is 3.35.